The Kier molecular flexibility index (Phi) is 6.95. The lowest BCUT2D eigenvalue weighted by Crippen LogP contribution is -2.36. The molecule has 178 valence electrons. The highest BCUT2D eigenvalue weighted by Gasteiger charge is 2.22. The smallest absolute Gasteiger partial charge is 0.321 e. The fourth-order valence-electron chi connectivity index (χ4n) is 3.56. The van der Waals surface area contributed by atoms with Gasteiger partial charge in [-0.3, -0.25) is 19.8 Å². The van der Waals surface area contributed by atoms with Crippen molar-refractivity contribution < 1.29 is 14.4 Å². The molecule has 4 aromatic rings. The number of fused-ring (bicyclic) bond motifs is 1. The molecule has 35 heavy (non-hydrogen) atoms. The number of amides is 3. The van der Waals surface area contributed by atoms with Crippen LogP contribution in [0.2, 0.25) is 5.02 Å². The molecule has 0 atom stereocenters. The van der Waals surface area contributed by atoms with Crippen molar-refractivity contribution in [2.75, 3.05) is 16.1 Å². The number of anilines is 2. The van der Waals surface area contributed by atoms with E-state index in [4.69, 9.17) is 11.6 Å². The van der Waals surface area contributed by atoms with E-state index in [-0.39, 0.29) is 5.69 Å². The van der Waals surface area contributed by atoms with E-state index in [2.05, 4.69) is 32.0 Å². The van der Waals surface area contributed by atoms with Gasteiger partial charge in [-0.2, -0.15) is 0 Å². The molecule has 0 unspecified atom stereocenters. The van der Waals surface area contributed by atoms with Gasteiger partial charge < -0.3 is 10.6 Å². The SMILES string of the molecule is Cc1ccc(NC(=O)c2cc3cc(Br)ccc3n2NC(=O)C(=O)Nc2cccc(C)c2C)cc1Cl. The Balaban J connectivity index is 1.64. The number of carbonyl (C=O) groups excluding carboxylic acids is 3. The summed E-state index contributed by atoms with van der Waals surface area (Å²) >= 11 is 9.60. The molecule has 4 rings (SSSR count). The van der Waals surface area contributed by atoms with Crippen LogP contribution in [0.15, 0.2) is 65.1 Å². The standard InChI is InChI=1S/C26H22BrClN4O3/c1-14-5-4-6-21(16(14)3)30-25(34)26(35)31-32-22-10-8-18(27)11-17(22)12-23(32)24(33)29-19-9-7-15(2)20(28)13-19/h4-13H,1-3H3,(H,29,33)(H,30,34)(H,31,35). The molecule has 0 aliphatic rings. The van der Waals surface area contributed by atoms with E-state index in [1.165, 1.54) is 4.68 Å². The van der Waals surface area contributed by atoms with Gasteiger partial charge in [-0.05, 0) is 79.9 Å². The van der Waals surface area contributed by atoms with Gasteiger partial charge in [-0.15, -0.1) is 0 Å². The van der Waals surface area contributed by atoms with Gasteiger partial charge in [-0.1, -0.05) is 45.7 Å². The summed E-state index contributed by atoms with van der Waals surface area (Å²) in [6.07, 6.45) is 0. The zero-order valence-corrected chi connectivity index (χ0v) is 21.5. The third-order valence-electron chi connectivity index (χ3n) is 5.70. The largest absolute Gasteiger partial charge is 0.328 e. The first-order valence-electron chi connectivity index (χ1n) is 10.7. The fraction of sp³-hybridized carbons (Fsp3) is 0.115. The second kappa shape index (κ2) is 9.93. The van der Waals surface area contributed by atoms with E-state index in [1.807, 2.05) is 32.9 Å². The van der Waals surface area contributed by atoms with Crippen LogP contribution in [0.4, 0.5) is 11.4 Å². The van der Waals surface area contributed by atoms with Gasteiger partial charge in [0.2, 0.25) is 0 Å². The molecule has 0 radical (unpaired) electrons. The lowest BCUT2D eigenvalue weighted by molar-refractivity contribution is -0.133. The summed E-state index contributed by atoms with van der Waals surface area (Å²) in [5.41, 5.74) is 7.02. The molecule has 0 spiro atoms. The van der Waals surface area contributed by atoms with Gasteiger partial charge in [-0.25, -0.2) is 4.68 Å². The second-order valence-corrected chi connectivity index (χ2v) is 9.45. The maximum atomic E-state index is 13.2. The van der Waals surface area contributed by atoms with Gasteiger partial charge in [0.25, 0.3) is 5.91 Å². The number of aromatic nitrogens is 1. The van der Waals surface area contributed by atoms with Crippen LogP contribution in [0, 0.1) is 20.8 Å². The van der Waals surface area contributed by atoms with Gasteiger partial charge in [0, 0.05) is 26.3 Å². The van der Waals surface area contributed by atoms with Crippen LogP contribution in [-0.2, 0) is 9.59 Å². The molecule has 0 fully saturated rings. The lowest BCUT2D eigenvalue weighted by atomic mass is 10.1. The zero-order chi connectivity index (χ0) is 25.3. The Morgan fingerprint density at radius 3 is 2.37 bits per heavy atom. The van der Waals surface area contributed by atoms with Crippen molar-refractivity contribution in [3.63, 3.8) is 0 Å². The Labute approximate surface area is 215 Å². The minimum absolute atomic E-state index is 0.141. The number of hydrogen-bond donors (Lipinski definition) is 3. The molecule has 0 bridgehead atoms. The molecule has 0 aliphatic heterocycles. The van der Waals surface area contributed by atoms with Gasteiger partial charge >= 0.3 is 11.8 Å². The maximum absolute atomic E-state index is 13.2. The number of nitrogens with one attached hydrogen (secondary N) is 3. The predicted octanol–water partition coefficient (Wildman–Crippen LogP) is 5.94. The molecule has 7 nitrogen and oxygen atoms in total. The van der Waals surface area contributed by atoms with Crippen LogP contribution in [0.1, 0.15) is 27.2 Å². The van der Waals surface area contributed by atoms with Crippen molar-refractivity contribution in [3.8, 4) is 0 Å². The van der Waals surface area contributed by atoms with Gasteiger partial charge in [0.15, 0.2) is 0 Å². The number of aryl methyl sites for hydroxylation is 2. The van der Waals surface area contributed by atoms with E-state index in [1.54, 1.807) is 48.5 Å². The lowest BCUT2D eigenvalue weighted by Gasteiger charge is -2.14. The van der Waals surface area contributed by atoms with Crippen LogP contribution in [0.3, 0.4) is 0 Å². The van der Waals surface area contributed by atoms with Crippen LogP contribution in [-0.4, -0.2) is 22.4 Å². The average molecular weight is 554 g/mol. The third kappa shape index (κ3) is 5.23. The molecular weight excluding hydrogens is 532 g/mol. The number of hydrogen-bond acceptors (Lipinski definition) is 3. The summed E-state index contributed by atoms with van der Waals surface area (Å²) in [4.78, 5) is 38.7. The van der Waals surface area contributed by atoms with E-state index < -0.39 is 17.7 Å². The highest BCUT2D eigenvalue weighted by Crippen LogP contribution is 2.25. The van der Waals surface area contributed by atoms with Crippen molar-refractivity contribution in [2.45, 2.75) is 20.8 Å². The zero-order valence-electron chi connectivity index (χ0n) is 19.2. The van der Waals surface area contributed by atoms with Crippen molar-refractivity contribution >= 4 is 67.5 Å². The van der Waals surface area contributed by atoms with E-state index >= 15 is 0 Å². The van der Waals surface area contributed by atoms with Crippen molar-refractivity contribution in [1.29, 1.82) is 0 Å². The Morgan fingerprint density at radius 1 is 0.857 bits per heavy atom. The van der Waals surface area contributed by atoms with Crippen LogP contribution in [0.25, 0.3) is 10.9 Å². The number of benzene rings is 3. The van der Waals surface area contributed by atoms with E-state index in [0.717, 1.165) is 21.2 Å². The molecule has 1 heterocycles. The summed E-state index contributed by atoms with van der Waals surface area (Å²) < 4.78 is 2.11. The first-order chi connectivity index (χ1) is 16.6. The van der Waals surface area contributed by atoms with Crippen LogP contribution >= 0.6 is 27.5 Å². The minimum Gasteiger partial charge on any atom is -0.321 e. The highest BCUT2D eigenvalue weighted by atomic mass is 79.9. The second-order valence-electron chi connectivity index (χ2n) is 8.13. The Bertz CT molecular complexity index is 1500. The first kappa shape index (κ1) is 24.5. The normalized spacial score (nSPS) is 10.8. The summed E-state index contributed by atoms with van der Waals surface area (Å²) in [6, 6.07) is 17.6. The monoisotopic (exact) mass is 552 g/mol. The predicted molar refractivity (Wildman–Crippen MR) is 143 cm³/mol. The third-order valence-corrected chi connectivity index (χ3v) is 6.60. The Morgan fingerprint density at radius 2 is 1.63 bits per heavy atom. The molecule has 3 amide bonds. The van der Waals surface area contributed by atoms with Crippen molar-refractivity contribution in [2.24, 2.45) is 0 Å². The van der Waals surface area contributed by atoms with Gasteiger partial charge in [0.1, 0.15) is 5.69 Å². The molecule has 1 aromatic heterocycles. The van der Waals surface area contributed by atoms with Gasteiger partial charge in [0.05, 0.1) is 5.52 Å². The highest BCUT2D eigenvalue weighted by molar-refractivity contribution is 9.10. The molecule has 0 aliphatic carbocycles. The molecule has 9 heteroatoms. The van der Waals surface area contributed by atoms with Crippen LogP contribution in [0.5, 0.6) is 0 Å². The van der Waals surface area contributed by atoms with E-state index in [9.17, 15) is 14.4 Å². The quantitative estimate of drug-likeness (QED) is 0.273. The summed E-state index contributed by atoms with van der Waals surface area (Å²) in [7, 11) is 0. The summed E-state index contributed by atoms with van der Waals surface area (Å²) in [5.74, 6) is -2.25. The van der Waals surface area contributed by atoms with Crippen LogP contribution < -0.4 is 16.1 Å². The molecule has 3 N–H and O–H groups in total. The number of nitrogens with zero attached hydrogens (tertiary/aromatic N) is 1. The number of halogens is 2. The summed E-state index contributed by atoms with van der Waals surface area (Å²) in [5, 5.41) is 6.64. The average Bonchev–Trinajstić information content (AvgIpc) is 3.16. The minimum atomic E-state index is -0.918. The number of rotatable bonds is 4. The molecular formula is C26H22BrClN4O3. The van der Waals surface area contributed by atoms with Crippen molar-refractivity contribution in [1.82, 2.24) is 4.68 Å². The van der Waals surface area contributed by atoms with E-state index in [0.29, 0.717) is 27.3 Å². The van der Waals surface area contributed by atoms with Crippen molar-refractivity contribution in [3.05, 3.63) is 92.5 Å². The molecule has 0 saturated carbocycles. The first-order valence-corrected chi connectivity index (χ1v) is 11.9. The summed E-state index contributed by atoms with van der Waals surface area (Å²) in [6.45, 7) is 5.64. The Hall–Kier alpha value is -3.62. The topological polar surface area (TPSA) is 92.2 Å². The molecule has 0 saturated heterocycles. The maximum Gasteiger partial charge on any atom is 0.328 e. The molecule has 3 aromatic carbocycles. The fourth-order valence-corrected chi connectivity index (χ4v) is 4.12. The number of carbonyl (C=O) groups is 3.